The lowest BCUT2D eigenvalue weighted by molar-refractivity contribution is 0.239. The molecule has 0 fully saturated rings. The summed E-state index contributed by atoms with van der Waals surface area (Å²) < 4.78 is 1.18. The molecular weight excluding hydrogens is 274 g/mol. The van der Waals surface area contributed by atoms with Crippen molar-refractivity contribution in [1.82, 2.24) is 15.1 Å². The number of nitrogens with zero attached hydrogens (tertiary/aromatic N) is 2. The first kappa shape index (κ1) is 12.7. The fourth-order valence-corrected chi connectivity index (χ4v) is 2.16. The van der Waals surface area contributed by atoms with Crippen molar-refractivity contribution in [2.45, 2.75) is 6.54 Å². The molecule has 20 heavy (non-hydrogen) atoms. The quantitative estimate of drug-likeness (QED) is 0.784. The van der Waals surface area contributed by atoms with E-state index >= 15 is 0 Å². The maximum absolute atomic E-state index is 11.8. The van der Waals surface area contributed by atoms with Gasteiger partial charge in [-0.3, -0.25) is 0 Å². The summed E-state index contributed by atoms with van der Waals surface area (Å²) in [5.41, 5.74) is 1.04. The molecule has 1 amide bonds. The molecule has 0 atom stereocenters. The van der Waals surface area contributed by atoms with Gasteiger partial charge in [-0.05, 0) is 22.4 Å². The van der Waals surface area contributed by atoms with Crippen molar-refractivity contribution in [1.29, 1.82) is 0 Å². The van der Waals surface area contributed by atoms with Crippen molar-refractivity contribution in [2.75, 3.05) is 0 Å². The van der Waals surface area contributed by atoms with Gasteiger partial charge in [0.15, 0.2) is 0 Å². The van der Waals surface area contributed by atoms with Gasteiger partial charge in [0.2, 0.25) is 0 Å². The third-order valence-electron chi connectivity index (χ3n) is 3.02. The van der Waals surface area contributed by atoms with Crippen LogP contribution in [0.5, 0.6) is 0 Å². The Kier molecular flexibility index (Phi) is 3.39. The maximum Gasteiger partial charge on any atom is 0.342 e. The van der Waals surface area contributed by atoms with E-state index in [-0.39, 0.29) is 6.03 Å². The summed E-state index contributed by atoms with van der Waals surface area (Å²) in [6, 6.07) is 13.9. The number of fused-ring (bicyclic) bond motifs is 1. The summed E-state index contributed by atoms with van der Waals surface area (Å²) in [5.74, 6) is 0. The van der Waals surface area contributed by atoms with Crippen LogP contribution in [0.15, 0.2) is 54.9 Å². The highest BCUT2D eigenvalue weighted by molar-refractivity contribution is 6.30. The summed E-state index contributed by atoms with van der Waals surface area (Å²) in [7, 11) is 0. The van der Waals surface area contributed by atoms with E-state index in [1.165, 1.54) is 22.5 Å². The molecule has 4 nitrogen and oxygen atoms in total. The van der Waals surface area contributed by atoms with Crippen molar-refractivity contribution in [3.8, 4) is 0 Å². The first-order chi connectivity index (χ1) is 9.72. The van der Waals surface area contributed by atoms with E-state index in [1.54, 1.807) is 0 Å². The summed E-state index contributed by atoms with van der Waals surface area (Å²) in [4.78, 5) is 11.8. The predicted octanol–water partition coefficient (Wildman–Crippen LogP) is 3.45. The van der Waals surface area contributed by atoms with E-state index in [4.69, 9.17) is 11.6 Å². The number of carbonyl (C=O) groups is 1. The van der Waals surface area contributed by atoms with Gasteiger partial charge in [0.1, 0.15) is 0 Å². The zero-order chi connectivity index (χ0) is 13.9. The van der Waals surface area contributed by atoms with Crippen LogP contribution in [0.25, 0.3) is 10.8 Å². The molecule has 2 aromatic carbocycles. The number of halogens is 1. The van der Waals surface area contributed by atoms with Crippen LogP contribution in [0.4, 0.5) is 4.79 Å². The standard InChI is InChI=1S/C15H12ClN3O/c16-14-9-18-19(10-14)15(20)17-8-11-5-6-12-3-1-2-4-13(12)7-11/h1-7,9-10H,8H2,(H,17,20). The second-order valence-corrected chi connectivity index (χ2v) is 4.88. The molecule has 0 aliphatic carbocycles. The van der Waals surface area contributed by atoms with Gasteiger partial charge in [0.05, 0.1) is 17.4 Å². The van der Waals surface area contributed by atoms with Crippen LogP contribution in [0, 0.1) is 0 Å². The first-order valence-electron chi connectivity index (χ1n) is 6.18. The molecule has 1 N–H and O–H groups in total. The van der Waals surface area contributed by atoms with E-state index in [1.807, 2.05) is 30.3 Å². The Morgan fingerprint density at radius 3 is 2.75 bits per heavy atom. The third kappa shape index (κ3) is 2.65. The van der Waals surface area contributed by atoms with E-state index < -0.39 is 0 Å². The molecule has 0 spiro atoms. The predicted molar refractivity (Wildman–Crippen MR) is 78.8 cm³/mol. The highest BCUT2D eigenvalue weighted by atomic mass is 35.5. The average molecular weight is 286 g/mol. The van der Waals surface area contributed by atoms with Gasteiger partial charge in [0, 0.05) is 6.54 Å². The molecule has 0 unspecified atom stereocenters. The van der Waals surface area contributed by atoms with Crippen LogP contribution in [0.2, 0.25) is 5.02 Å². The van der Waals surface area contributed by atoms with Gasteiger partial charge in [-0.1, -0.05) is 48.0 Å². The Bertz CT molecular complexity index is 766. The van der Waals surface area contributed by atoms with E-state index in [0.29, 0.717) is 11.6 Å². The van der Waals surface area contributed by atoms with E-state index in [0.717, 1.165) is 10.9 Å². The summed E-state index contributed by atoms with van der Waals surface area (Å²) >= 11 is 5.72. The van der Waals surface area contributed by atoms with Crippen LogP contribution in [-0.2, 0) is 6.54 Å². The molecule has 0 saturated heterocycles. The summed E-state index contributed by atoms with van der Waals surface area (Å²) in [6.45, 7) is 0.446. The molecular formula is C15H12ClN3O. The zero-order valence-electron chi connectivity index (χ0n) is 10.6. The number of nitrogens with one attached hydrogen (secondary N) is 1. The smallest absolute Gasteiger partial charge is 0.332 e. The monoisotopic (exact) mass is 285 g/mol. The van der Waals surface area contributed by atoms with Gasteiger partial charge >= 0.3 is 6.03 Å². The molecule has 5 heteroatoms. The Hall–Kier alpha value is -2.33. The second-order valence-electron chi connectivity index (χ2n) is 4.44. The van der Waals surface area contributed by atoms with Crippen molar-refractivity contribution >= 4 is 28.4 Å². The number of amides is 1. The molecule has 0 bridgehead atoms. The number of hydrogen-bond donors (Lipinski definition) is 1. The van der Waals surface area contributed by atoms with Crippen molar-refractivity contribution in [3.05, 3.63) is 65.4 Å². The number of hydrogen-bond acceptors (Lipinski definition) is 2. The number of benzene rings is 2. The van der Waals surface area contributed by atoms with Crippen molar-refractivity contribution < 1.29 is 4.79 Å². The van der Waals surface area contributed by atoms with Crippen LogP contribution in [0.3, 0.4) is 0 Å². The molecule has 3 rings (SSSR count). The largest absolute Gasteiger partial charge is 0.342 e. The van der Waals surface area contributed by atoms with Gasteiger partial charge in [-0.2, -0.15) is 9.78 Å². The molecule has 0 saturated carbocycles. The minimum Gasteiger partial charge on any atom is -0.332 e. The lowest BCUT2D eigenvalue weighted by Crippen LogP contribution is -2.28. The van der Waals surface area contributed by atoms with Crippen LogP contribution < -0.4 is 5.32 Å². The first-order valence-corrected chi connectivity index (χ1v) is 6.56. The fraction of sp³-hybridized carbons (Fsp3) is 0.0667. The van der Waals surface area contributed by atoms with Crippen LogP contribution in [-0.4, -0.2) is 15.8 Å². The third-order valence-corrected chi connectivity index (χ3v) is 3.21. The molecule has 1 aromatic heterocycles. The van der Waals surface area contributed by atoms with E-state index in [2.05, 4.69) is 22.5 Å². The summed E-state index contributed by atoms with van der Waals surface area (Å²) in [5, 5.41) is 9.42. The van der Waals surface area contributed by atoms with Gasteiger partial charge < -0.3 is 5.32 Å². The normalized spacial score (nSPS) is 10.7. The highest BCUT2D eigenvalue weighted by Crippen LogP contribution is 2.15. The van der Waals surface area contributed by atoms with Crippen molar-refractivity contribution in [3.63, 3.8) is 0 Å². The van der Waals surface area contributed by atoms with Crippen LogP contribution in [0.1, 0.15) is 5.56 Å². The molecule has 1 heterocycles. The Morgan fingerprint density at radius 2 is 2.00 bits per heavy atom. The minimum atomic E-state index is -0.301. The van der Waals surface area contributed by atoms with Crippen molar-refractivity contribution in [2.24, 2.45) is 0 Å². The molecule has 0 radical (unpaired) electrons. The Morgan fingerprint density at radius 1 is 1.20 bits per heavy atom. The highest BCUT2D eigenvalue weighted by Gasteiger charge is 2.05. The lowest BCUT2D eigenvalue weighted by Gasteiger charge is -2.06. The van der Waals surface area contributed by atoms with Gasteiger partial charge in [-0.25, -0.2) is 4.79 Å². The van der Waals surface area contributed by atoms with Gasteiger partial charge in [-0.15, -0.1) is 0 Å². The molecule has 3 aromatic rings. The Balaban J connectivity index is 1.72. The maximum atomic E-state index is 11.8. The number of carbonyl (C=O) groups excluding carboxylic acids is 1. The molecule has 0 aliphatic heterocycles. The molecule has 0 aliphatic rings. The zero-order valence-corrected chi connectivity index (χ0v) is 11.3. The number of aromatic nitrogens is 2. The van der Waals surface area contributed by atoms with Crippen LogP contribution >= 0.6 is 11.6 Å². The SMILES string of the molecule is O=C(NCc1ccc2ccccc2c1)n1cc(Cl)cn1. The van der Waals surface area contributed by atoms with E-state index in [9.17, 15) is 4.79 Å². The average Bonchev–Trinajstić information content (AvgIpc) is 2.91. The second kappa shape index (κ2) is 5.35. The summed E-state index contributed by atoms with van der Waals surface area (Å²) in [6.07, 6.45) is 2.90. The topological polar surface area (TPSA) is 46.9 Å². The Labute approximate surface area is 121 Å². The lowest BCUT2D eigenvalue weighted by atomic mass is 10.1. The fourth-order valence-electron chi connectivity index (χ4n) is 2.02. The minimum absolute atomic E-state index is 0.301. The number of rotatable bonds is 2. The molecule has 100 valence electrons. The van der Waals surface area contributed by atoms with Gasteiger partial charge in [0.25, 0.3) is 0 Å².